The van der Waals surface area contributed by atoms with Crippen LogP contribution in [-0.2, 0) is 6.42 Å². The van der Waals surface area contributed by atoms with Gasteiger partial charge in [-0.05, 0) is 66.7 Å². The number of aryl methyl sites for hydroxylation is 1. The first kappa shape index (κ1) is 13.3. The lowest BCUT2D eigenvalue weighted by Gasteiger charge is -2.32. The minimum Gasteiger partial charge on any atom is -0.304 e. The molecule has 1 saturated heterocycles. The van der Waals surface area contributed by atoms with Crippen LogP contribution < -0.4 is 0 Å². The maximum Gasteiger partial charge on any atom is 0.0133 e. The van der Waals surface area contributed by atoms with E-state index >= 15 is 0 Å². The van der Waals surface area contributed by atoms with Gasteiger partial charge >= 0.3 is 0 Å². The summed E-state index contributed by atoms with van der Waals surface area (Å²) < 4.78 is 1.35. The molecule has 0 saturated carbocycles. The van der Waals surface area contributed by atoms with Crippen LogP contribution >= 0.6 is 22.6 Å². The van der Waals surface area contributed by atoms with Crippen LogP contribution in [-0.4, -0.2) is 49.6 Å². The van der Waals surface area contributed by atoms with E-state index in [9.17, 15) is 0 Å². The standard InChI is InChI=1S/C14H21IN2/c1-16-8-10-17(11-9-16)7-3-5-13-4-2-6-14(15)12-13/h2,4,6,12H,3,5,7-11H2,1H3. The van der Waals surface area contributed by atoms with E-state index in [1.807, 2.05) is 0 Å². The molecule has 1 aliphatic rings. The van der Waals surface area contributed by atoms with Crippen molar-refractivity contribution < 1.29 is 0 Å². The van der Waals surface area contributed by atoms with Crippen LogP contribution in [0.15, 0.2) is 24.3 Å². The third-order valence-electron chi connectivity index (χ3n) is 3.42. The molecule has 0 radical (unpaired) electrons. The Labute approximate surface area is 118 Å². The van der Waals surface area contributed by atoms with Gasteiger partial charge in [0.1, 0.15) is 0 Å². The van der Waals surface area contributed by atoms with Crippen LogP contribution in [0.1, 0.15) is 12.0 Å². The van der Waals surface area contributed by atoms with Crippen LogP contribution in [0.4, 0.5) is 0 Å². The van der Waals surface area contributed by atoms with Crippen molar-refractivity contribution in [1.82, 2.24) is 9.80 Å². The highest BCUT2D eigenvalue weighted by Gasteiger charge is 2.12. The average Bonchev–Trinajstić information content (AvgIpc) is 2.32. The van der Waals surface area contributed by atoms with E-state index in [-0.39, 0.29) is 0 Å². The Hall–Kier alpha value is -0.130. The van der Waals surface area contributed by atoms with Crippen molar-refractivity contribution in [3.05, 3.63) is 33.4 Å². The van der Waals surface area contributed by atoms with Gasteiger partial charge in [-0.1, -0.05) is 12.1 Å². The van der Waals surface area contributed by atoms with E-state index in [1.54, 1.807) is 0 Å². The van der Waals surface area contributed by atoms with E-state index in [1.165, 1.54) is 54.7 Å². The first-order valence-electron chi connectivity index (χ1n) is 6.39. The molecule has 1 fully saturated rings. The monoisotopic (exact) mass is 344 g/mol. The Morgan fingerprint density at radius 2 is 1.94 bits per heavy atom. The summed E-state index contributed by atoms with van der Waals surface area (Å²) in [7, 11) is 2.21. The second-order valence-corrected chi connectivity index (χ2v) is 6.12. The molecule has 2 nitrogen and oxygen atoms in total. The van der Waals surface area contributed by atoms with E-state index in [0.717, 1.165) is 0 Å². The summed E-state index contributed by atoms with van der Waals surface area (Å²) in [5.74, 6) is 0. The Morgan fingerprint density at radius 1 is 1.18 bits per heavy atom. The van der Waals surface area contributed by atoms with Crippen LogP contribution in [0.25, 0.3) is 0 Å². The summed E-state index contributed by atoms with van der Waals surface area (Å²) in [5, 5.41) is 0. The van der Waals surface area contributed by atoms with E-state index in [2.05, 4.69) is 63.7 Å². The Bertz CT molecular complexity index is 346. The molecule has 0 aromatic heterocycles. The van der Waals surface area contributed by atoms with Crippen molar-refractivity contribution in [1.29, 1.82) is 0 Å². The molecule has 2 rings (SSSR count). The van der Waals surface area contributed by atoms with Gasteiger partial charge < -0.3 is 9.80 Å². The van der Waals surface area contributed by atoms with Gasteiger partial charge in [0.25, 0.3) is 0 Å². The molecule has 1 aromatic rings. The number of rotatable bonds is 4. The molecule has 17 heavy (non-hydrogen) atoms. The number of halogens is 1. The second-order valence-electron chi connectivity index (χ2n) is 4.88. The normalized spacial score (nSPS) is 18.5. The van der Waals surface area contributed by atoms with Gasteiger partial charge in [-0.15, -0.1) is 0 Å². The third-order valence-corrected chi connectivity index (χ3v) is 4.10. The second kappa shape index (κ2) is 6.71. The van der Waals surface area contributed by atoms with Crippen molar-refractivity contribution in [2.24, 2.45) is 0 Å². The Kier molecular flexibility index (Phi) is 5.25. The molecule has 0 atom stereocenters. The third kappa shape index (κ3) is 4.56. The molecular weight excluding hydrogens is 323 g/mol. The van der Waals surface area contributed by atoms with E-state index in [4.69, 9.17) is 0 Å². The van der Waals surface area contributed by atoms with Gasteiger partial charge in [0.15, 0.2) is 0 Å². The highest BCUT2D eigenvalue weighted by Crippen LogP contribution is 2.10. The number of hydrogen-bond acceptors (Lipinski definition) is 2. The summed E-state index contributed by atoms with van der Waals surface area (Å²) in [5.41, 5.74) is 1.48. The minimum absolute atomic E-state index is 1.21. The Balaban J connectivity index is 1.69. The number of piperazine rings is 1. The zero-order valence-electron chi connectivity index (χ0n) is 10.5. The summed E-state index contributed by atoms with van der Waals surface area (Å²) in [4.78, 5) is 5.00. The molecular formula is C14H21IN2. The largest absolute Gasteiger partial charge is 0.304 e. The Morgan fingerprint density at radius 3 is 2.65 bits per heavy atom. The minimum atomic E-state index is 1.21. The topological polar surface area (TPSA) is 6.48 Å². The first-order valence-corrected chi connectivity index (χ1v) is 7.47. The summed E-state index contributed by atoms with van der Waals surface area (Å²) in [6.45, 7) is 6.18. The van der Waals surface area contributed by atoms with Gasteiger partial charge in [-0.2, -0.15) is 0 Å². The van der Waals surface area contributed by atoms with Crippen LogP contribution in [0.5, 0.6) is 0 Å². The smallest absolute Gasteiger partial charge is 0.0133 e. The van der Waals surface area contributed by atoms with Gasteiger partial charge in [0.2, 0.25) is 0 Å². The van der Waals surface area contributed by atoms with E-state index < -0.39 is 0 Å². The summed E-state index contributed by atoms with van der Waals surface area (Å²) in [6, 6.07) is 8.86. The zero-order valence-corrected chi connectivity index (χ0v) is 12.7. The first-order chi connectivity index (χ1) is 8.24. The number of nitrogens with zero attached hydrogens (tertiary/aromatic N) is 2. The van der Waals surface area contributed by atoms with Gasteiger partial charge in [0.05, 0.1) is 0 Å². The highest BCUT2D eigenvalue weighted by molar-refractivity contribution is 14.1. The fourth-order valence-corrected chi connectivity index (χ4v) is 2.88. The van der Waals surface area contributed by atoms with Gasteiger partial charge in [-0.3, -0.25) is 0 Å². The molecule has 94 valence electrons. The maximum absolute atomic E-state index is 2.59. The molecule has 1 aromatic carbocycles. The molecule has 3 heteroatoms. The predicted octanol–water partition coefficient (Wildman–Crippen LogP) is 2.47. The molecule has 0 spiro atoms. The molecule has 1 heterocycles. The summed E-state index contributed by atoms with van der Waals surface area (Å²) >= 11 is 2.39. The number of hydrogen-bond donors (Lipinski definition) is 0. The van der Waals surface area contributed by atoms with Crippen molar-refractivity contribution in [2.75, 3.05) is 39.8 Å². The summed E-state index contributed by atoms with van der Waals surface area (Å²) in [6.07, 6.45) is 2.49. The van der Waals surface area contributed by atoms with Crippen molar-refractivity contribution in [3.63, 3.8) is 0 Å². The molecule has 0 aliphatic carbocycles. The van der Waals surface area contributed by atoms with Gasteiger partial charge in [-0.25, -0.2) is 0 Å². The van der Waals surface area contributed by atoms with E-state index in [0.29, 0.717) is 0 Å². The fraction of sp³-hybridized carbons (Fsp3) is 0.571. The molecule has 0 unspecified atom stereocenters. The maximum atomic E-state index is 2.59. The van der Waals surface area contributed by atoms with Crippen LogP contribution in [0, 0.1) is 3.57 Å². The van der Waals surface area contributed by atoms with Gasteiger partial charge in [0, 0.05) is 29.7 Å². The van der Waals surface area contributed by atoms with Crippen LogP contribution in [0.3, 0.4) is 0 Å². The quantitative estimate of drug-likeness (QED) is 0.775. The lowest BCUT2D eigenvalue weighted by atomic mass is 10.1. The SMILES string of the molecule is CN1CCN(CCCc2cccc(I)c2)CC1. The molecule has 0 bridgehead atoms. The molecule has 0 N–H and O–H groups in total. The highest BCUT2D eigenvalue weighted by atomic mass is 127. The average molecular weight is 344 g/mol. The van der Waals surface area contributed by atoms with Crippen LogP contribution in [0.2, 0.25) is 0 Å². The molecule has 0 amide bonds. The molecule has 1 aliphatic heterocycles. The zero-order chi connectivity index (χ0) is 12.1. The van der Waals surface area contributed by atoms with Crippen molar-refractivity contribution in [3.8, 4) is 0 Å². The van der Waals surface area contributed by atoms with Crippen molar-refractivity contribution in [2.45, 2.75) is 12.8 Å². The lowest BCUT2D eigenvalue weighted by molar-refractivity contribution is 0.153. The number of benzene rings is 1. The number of likely N-dealkylation sites (N-methyl/N-ethyl adjacent to an activating group) is 1. The van der Waals surface area contributed by atoms with Crippen molar-refractivity contribution >= 4 is 22.6 Å². The predicted molar refractivity (Wildman–Crippen MR) is 81.4 cm³/mol. The lowest BCUT2D eigenvalue weighted by Crippen LogP contribution is -2.44. The fourth-order valence-electron chi connectivity index (χ4n) is 2.27.